The molecule has 1 aliphatic heterocycles. The second-order valence-electron chi connectivity index (χ2n) is 5.80. The Kier molecular flexibility index (Phi) is 4.93. The van der Waals surface area contributed by atoms with Gasteiger partial charge in [0.25, 0.3) is 0 Å². The predicted octanol–water partition coefficient (Wildman–Crippen LogP) is 4.49. The summed E-state index contributed by atoms with van der Waals surface area (Å²) in [7, 11) is 2.01. The first-order valence-electron chi connectivity index (χ1n) is 7.88. The highest BCUT2D eigenvalue weighted by molar-refractivity contribution is 5.86. The minimum Gasteiger partial charge on any atom is -0.454 e. The second kappa shape index (κ2) is 7.12. The molecule has 3 aromatic rings. The lowest BCUT2D eigenvalue weighted by molar-refractivity contribution is 0.174. The van der Waals surface area contributed by atoms with Crippen LogP contribution in [0, 0.1) is 0 Å². The van der Waals surface area contributed by atoms with E-state index in [2.05, 4.69) is 59.9 Å². The van der Waals surface area contributed by atoms with E-state index >= 15 is 0 Å². The van der Waals surface area contributed by atoms with Gasteiger partial charge in [0.1, 0.15) is 0 Å². The van der Waals surface area contributed by atoms with Crippen LogP contribution in [0.5, 0.6) is 11.5 Å². The number of ether oxygens (including phenoxy) is 2. The molecule has 0 radical (unpaired) electrons. The maximum Gasteiger partial charge on any atom is 0.231 e. The van der Waals surface area contributed by atoms with Crippen LogP contribution < -0.4 is 14.8 Å². The first-order chi connectivity index (χ1) is 11.3. The third-order valence-corrected chi connectivity index (χ3v) is 4.42. The third-order valence-electron chi connectivity index (χ3n) is 4.42. The number of benzene rings is 3. The molecular weight excluding hydrogens is 322 g/mol. The minimum atomic E-state index is 0. The number of halogens is 1. The molecule has 4 heteroatoms. The third kappa shape index (κ3) is 3.05. The molecule has 4 rings (SSSR count). The van der Waals surface area contributed by atoms with Crippen LogP contribution in [0.15, 0.2) is 60.7 Å². The summed E-state index contributed by atoms with van der Waals surface area (Å²) < 4.78 is 10.9. The fourth-order valence-electron chi connectivity index (χ4n) is 3.23. The number of fused-ring (bicyclic) bond motifs is 2. The van der Waals surface area contributed by atoms with Crippen molar-refractivity contribution in [1.29, 1.82) is 0 Å². The summed E-state index contributed by atoms with van der Waals surface area (Å²) in [6, 6.07) is 21.5. The van der Waals surface area contributed by atoms with Gasteiger partial charge in [-0.05, 0) is 47.5 Å². The van der Waals surface area contributed by atoms with Crippen molar-refractivity contribution >= 4 is 23.2 Å². The van der Waals surface area contributed by atoms with Gasteiger partial charge in [0.05, 0.1) is 0 Å². The van der Waals surface area contributed by atoms with Crippen LogP contribution >= 0.6 is 12.4 Å². The molecule has 0 aliphatic carbocycles. The molecule has 0 spiro atoms. The molecule has 1 aliphatic rings. The summed E-state index contributed by atoms with van der Waals surface area (Å²) in [5.74, 6) is 1.68. The van der Waals surface area contributed by atoms with Gasteiger partial charge < -0.3 is 14.8 Å². The van der Waals surface area contributed by atoms with Gasteiger partial charge in [-0.25, -0.2) is 0 Å². The number of likely N-dealkylation sites (N-methyl/N-ethyl adjacent to an activating group) is 1. The van der Waals surface area contributed by atoms with Crippen LogP contribution in [0.4, 0.5) is 0 Å². The lowest BCUT2D eigenvalue weighted by Crippen LogP contribution is -2.19. The summed E-state index contributed by atoms with van der Waals surface area (Å²) >= 11 is 0. The molecule has 0 saturated carbocycles. The molecule has 1 N–H and O–H groups in total. The lowest BCUT2D eigenvalue weighted by atomic mass is 9.94. The van der Waals surface area contributed by atoms with Crippen molar-refractivity contribution in [1.82, 2.24) is 5.32 Å². The molecule has 24 heavy (non-hydrogen) atoms. The standard InChI is InChI=1S/C20H19NO2.ClH/c1-21-18(11-14-9-10-19-20(12-14)23-13-22-19)17-8-4-6-15-5-2-3-7-16(15)17;/h2-10,12,18,21H,11,13H2,1H3;1H. The van der Waals surface area contributed by atoms with E-state index in [0.29, 0.717) is 6.79 Å². The monoisotopic (exact) mass is 341 g/mol. The molecule has 0 amide bonds. The Hall–Kier alpha value is -2.23. The Labute approximate surface area is 148 Å². The number of hydrogen-bond acceptors (Lipinski definition) is 3. The molecule has 1 heterocycles. The summed E-state index contributed by atoms with van der Waals surface area (Å²) in [5, 5.41) is 6.03. The molecule has 124 valence electrons. The van der Waals surface area contributed by atoms with E-state index < -0.39 is 0 Å². The van der Waals surface area contributed by atoms with Crippen molar-refractivity contribution in [2.75, 3.05) is 13.8 Å². The molecule has 3 aromatic carbocycles. The second-order valence-corrected chi connectivity index (χ2v) is 5.80. The summed E-state index contributed by atoms with van der Waals surface area (Å²) in [5.41, 5.74) is 2.56. The van der Waals surface area contributed by atoms with Crippen LogP contribution in [0.2, 0.25) is 0 Å². The zero-order valence-corrected chi connectivity index (χ0v) is 14.3. The molecule has 1 atom stereocenters. The molecule has 0 saturated heterocycles. The largest absolute Gasteiger partial charge is 0.454 e. The number of nitrogens with one attached hydrogen (secondary N) is 1. The fourth-order valence-corrected chi connectivity index (χ4v) is 3.23. The van der Waals surface area contributed by atoms with Crippen LogP contribution in [-0.2, 0) is 6.42 Å². The van der Waals surface area contributed by atoms with Gasteiger partial charge in [-0.2, -0.15) is 0 Å². The van der Waals surface area contributed by atoms with Crippen molar-refractivity contribution in [3.63, 3.8) is 0 Å². The van der Waals surface area contributed by atoms with Crippen LogP contribution in [0.1, 0.15) is 17.2 Å². The summed E-state index contributed by atoms with van der Waals surface area (Å²) in [4.78, 5) is 0. The Balaban J connectivity index is 0.00000169. The molecule has 0 bridgehead atoms. The van der Waals surface area contributed by atoms with E-state index in [0.717, 1.165) is 17.9 Å². The zero-order valence-electron chi connectivity index (χ0n) is 13.5. The molecule has 0 fully saturated rings. The Bertz CT molecular complexity index is 845. The highest BCUT2D eigenvalue weighted by atomic mass is 35.5. The first-order valence-corrected chi connectivity index (χ1v) is 7.88. The van der Waals surface area contributed by atoms with Gasteiger partial charge in [-0.3, -0.25) is 0 Å². The van der Waals surface area contributed by atoms with E-state index in [1.165, 1.54) is 21.9 Å². The first kappa shape index (κ1) is 16.6. The van der Waals surface area contributed by atoms with Crippen molar-refractivity contribution in [2.45, 2.75) is 12.5 Å². The van der Waals surface area contributed by atoms with Gasteiger partial charge in [0, 0.05) is 6.04 Å². The maximum atomic E-state index is 5.49. The van der Waals surface area contributed by atoms with Crippen molar-refractivity contribution in [2.24, 2.45) is 0 Å². The fraction of sp³-hybridized carbons (Fsp3) is 0.200. The average Bonchev–Trinajstić information content (AvgIpc) is 3.07. The molecule has 0 aromatic heterocycles. The van der Waals surface area contributed by atoms with E-state index in [4.69, 9.17) is 9.47 Å². The van der Waals surface area contributed by atoms with E-state index in [1.54, 1.807) is 0 Å². The summed E-state index contributed by atoms with van der Waals surface area (Å²) in [6.07, 6.45) is 0.904. The topological polar surface area (TPSA) is 30.5 Å². The van der Waals surface area contributed by atoms with Gasteiger partial charge in [0.2, 0.25) is 6.79 Å². The van der Waals surface area contributed by atoms with Gasteiger partial charge >= 0.3 is 0 Å². The normalized spacial score (nSPS) is 13.5. The minimum absolute atomic E-state index is 0. The van der Waals surface area contributed by atoms with E-state index in [9.17, 15) is 0 Å². The Morgan fingerprint density at radius 3 is 2.62 bits per heavy atom. The van der Waals surface area contributed by atoms with Crippen molar-refractivity contribution in [3.8, 4) is 11.5 Å². The Morgan fingerprint density at radius 2 is 1.75 bits per heavy atom. The molecule has 1 unspecified atom stereocenters. The predicted molar refractivity (Wildman–Crippen MR) is 99.3 cm³/mol. The quantitative estimate of drug-likeness (QED) is 0.758. The van der Waals surface area contributed by atoms with Crippen LogP contribution in [-0.4, -0.2) is 13.8 Å². The lowest BCUT2D eigenvalue weighted by Gasteiger charge is -2.19. The van der Waals surface area contributed by atoms with Crippen molar-refractivity contribution in [3.05, 3.63) is 71.8 Å². The van der Waals surface area contributed by atoms with Gasteiger partial charge in [-0.1, -0.05) is 48.5 Å². The van der Waals surface area contributed by atoms with Crippen molar-refractivity contribution < 1.29 is 9.47 Å². The average molecular weight is 342 g/mol. The smallest absolute Gasteiger partial charge is 0.231 e. The zero-order chi connectivity index (χ0) is 15.6. The Morgan fingerprint density at radius 1 is 0.958 bits per heavy atom. The highest BCUT2D eigenvalue weighted by Gasteiger charge is 2.17. The van der Waals surface area contributed by atoms with Crippen LogP contribution in [0.3, 0.4) is 0 Å². The van der Waals surface area contributed by atoms with Gasteiger partial charge in [-0.15, -0.1) is 12.4 Å². The van der Waals surface area contributed by atoms with Gasteiger partial charge in [0.15, 0.2) is 11.5 Å². The SMILES string of the molecule is CNC(Cc1ccc2c(c1)OCO2)c1cccc2ccccc12.Cl. The molecular formula is C20H20ClNO2. The van der Waals surface area contributed by atoms with E-state index in [-0.39, 0.29) is 18.4 Å². The number of rotatable bonds is 4. The highest BCUT2D eigenvalue weighted by Crippen LogP contribution is 2.34. The summed E-state index contributed by atoms with van der Waals surface area (Å²) in [6.45, 7) is 0.317. The molecule has 3 nitrogen and oxygen atoms in total. The van der Waals surface area contributed by atoms with Crippen LogP contribution in [0.25, 0.3) is 10.8 Å². The number of hydrogen-bond donors (Lipinski definition) is 1. The maximum absolute atomic E-state index is 5.49. The van der Waals surface area contributed by atoms with E-state index in [1.807, 2.05) is 13.1 Å².